The second kappa shape index (κ2) is 7.38. The molecule has 102 valence electrons. The second-order valence-electron chi connectivity index (χ2n) is 3.62. The van der Waals surface area contributed by atoms with E-state index in [1.165, 1.54) is 25.3 Å². The van der Waals surface area contributed by atoms with E-state index >= 15 is 0 Å². The Morgan fingerprint density at radius 2 is 1.79 bits per heavy atom. The minimum absolute atomic E-state index is 0.146. The molecule has 0 aromatic carbocycles. The third-order valence-electron chi connectivity index (χ3n) is 2.38. The van der Waals surface area contributed by atoms with E-state index in [0.717, 1.165) is 5.75 Å². The molecular formula is C13H14O2S4. The van der Waals surface area contributed by atoms with Crippen LogP contribution in [0.25, 0.3) is 9.75 Å². The Hall–Kier alpha value is -0.430. The summed E-state index contributed by atoms with van der Waals surface area (Å²) in [4.78, 5) is 13.6. The number of hydrogen-bond acceptors (Lipinski definition) is 6. The van der Waals surface area contributed by atoms with Crippen molar-refractivity contribution in [1.29, 1.82) is 0 Å². The molecule has 2 aromatic heterocycles. The Labute approximate surface area is 129 Å². The predicted octanol–water partition coefficient (Wildman–Crippen LogP) is 4.85. The molecule has 2 aromatic rings. The summed E-state index contributed by atoms with van der Waals surface area (Å²) in [5, 5.41) is 0. The van der Waals surface area contributed by atoms with Gasteiger partial charge in [0.05, 0.1) is 21.9 Å². The van der Waals surface area contributed by atoms with Gasteiger partial charge in [0.1, 0.15) is 0 Å². The average Bonchev–Trinajstić information content (AvgIpc) is 3.06. The number of carbonyl (C=O) groups is 1. The van der Waals surface area contributed by atoms with Crippen molar-refractivity contribution < 1.29 is 9.53 Å². The van der Waals surface area contributed by atoms with E-state index in [4.69, 9.17) is 0 Å². The van der Waals surface area contributed by atoms with Crippen LogP contribution >= 0.6 is 46.2 Å². The molecule has 2 nitrogen and oxygen atoms in total. The van der Waals surface area contributed by atoms with Gasteiger partial charge in [-0.3, -0.25) is 4.79 Å². The molecule has 0 spiro atoms. The first-order valence-electron chi connectivity index (χ1n) is 5.66. The highest BCUT2D eigenvalue weighted by Gasteiger charge is 2.07. The van der Waals surface area contributed by atoms with E-state index in [9.17, 15) is 4.79 Å². The molecule has 19 heavy (non-hydrogen) atoms. The molecule has 0 atom stereocenters. The summed E-state index contributed by atoms with van der Waals surface area (Å²) in [6, 6.07) is 8.61. The van der Waals surface area contributed by atoms with Gasteiger partial charge in [0.25, 0.3) is 0 Å². The maximum absolute atomic E-state index is 11.0. The van der Waals surface area contributed by atoms with Crippen LogP contribution in [0.15, 0.2) is 32.7 Å². The van der Waals surface area contributed by atoms with Crippen LogP contribution in [-0.2, 0) is 9.53 Å². The third kappa shape index (κ3) is 4.27. The van der Waals surface area contributed by atoms with Gasteiger partial charge >= 0.3 is 5.97 Å². The van der Waals surface area contributed by atoms with Gasteiger partial charge in [-0.05, 0) is 30.5 Å². The molecule has 0 saturated heterocycles. The maximum atomic E-state index is 11.0. The molecule has 0 unspecified atom stereocenters. The summed E-state index contributed by atoms with van der Waals surface area (Å²) in [5.74, 6) is 0.625. The number of carbonyl (C=O) groups excluding carboxylic acids is 1. The van der Waals surface area contributed by atoms with E-state index in [1.807, 2.05) is 11.3 Å². The van der Waals surface area contributed by atoms with Crippen LogP contribution in [0.5, 0.6) is 0 Å². The number of esters is 1. The Balaban J connectivity index is 1.93. The monoisotopic (exact) mass is 330 g/mol. The zero-order valence-corrected chi connectivity index (χ0v) is 13.9. The fourth-order valence-corrected chi connectivity index (χ4v) is 5.19. The molecule has 0 aliphatic rings. The third-order valence-corrected chi connectivity index (χ3v) is 7.06. The molecule has 0 radical (unpaired) electrons. The van der Waals surface area contributed by atoms with Gasteiger partial charge in [-0.2, -0.15) is 0 Å². The van der Waals surface area contributed by atoms with E-state index in [2.05, 4.69) is 35.3 Å². The smallest absolute Gasteiger partial charge is 0.306 e. The van der Waals surface area contributed by atoms with Crippen molar-refractivity contribution >= 4 is 52.2 Å². The Morgan fingerprint density at radius 1 is 1.16 bits per heavy atom. The van der Waals surface area contributed by atoms with Gasteiger partial charge in [-0.1, -0.05) is 0 Å². The molecule has 0 aliphatic carbocycles. The number of rotatable bonds is 6. The van der Waals surface area contributed by atoms with E-state index in [1.54, 1.807) is 34.9 Å². The summed E-state index contributed by atoms with van der Waals surface area (Å²) >= 11 is 7.09. The first-order chi connectivity index (χ1) is 9.22. The Bertz CT molecular complexity index is 544. The number of methoxy groups -OCH3 is 1. The summed E-state index contributed by atoms with van der Waals surface area (Å²) < 4.78 is 7.21. The Morgan fingerprint density at radius 3 is 2.37 bits per heavy atom. The fourth-order valence-electron chi connectivity index (χ4n) is 1.43. The van der Waals surface area contributed by atoms with E-state index in [0.29, 0.717) is 6.42 Å². The highest BCUT2D eigenvalue weighted by molar-refractivity contribution is 8.01. The van der Waals surface area contributed by atoms with Crippen molar-refractivity contribution in [1.82, 2.24) is 0 Å². The van der Waals surface area contributed by atoms with Crippen LogP contribution in [0, 0.1) is 0 Å². The van der Waals surface area contributed by atoms with Crippen LogP contribution in [0.2, 0.25) is 0 Å². The van der Waals surface area contributed by atoms with Gasteiger partial charge in [-0.25, -0.2) is 0 Å². The van der Waals surface area contributed by atoms with Gasteiger partial charge in [0.2, 0.25) is 0 Å². The van der Waals surface area contributed by atoms with Gasteiger partial charge in [0, 0.05) is 15.5 Å². The van der Waals surface area contributed by atoms with E-state index in [-0.39, 0.29) is 5.97 Å². The lowest BCUT2D eigenvalue weighted by atomic mass is 10.4. The van der Waals surface area contributed by atoms with Crippen molar-refractivity contribution in [3.05, 3.63) is 24.3 Å². The topological polar surface area (TPSA) is 26.3 Å². The lowest BCUT2D eigenvalue weighted by molar-refractivity contribution is -0.140. The maximum Gasteiger partial charge on any atom is 0.306 e. The molecule has 0 N–H and O–H groups in total. The predicted molar refractivity (Wildman–Crippen MR) is 86.8 cm³/mol. The summed E-state index contributed by atoms with van der Waals surface area (Å²) in [5.41, 5.74) is 0. The SMILES string of the molecule is COC(=O)CCSc1ccc(-c2ccc(SC)s2)s1. The molecule has 0 saturated carbocycles. The van der Waals surface area contributed by atoms with Crippen molar-refractivity contribution in [2.24, 2.45) is 0 Å². The quantitative estimate of drug-likeness (QED) is 0.558. The Kier molecular flexibility index (Phi) is 5.81. The minimum Gasteiger partial charge on any atom is -0.469 e. The van der Waals surface area contributed by atoms with Crippen molar-refractivity contribution in [2.45, 2.75) is 14.8 Å². The molecule has 2 heterocycles. The molecule has 0 fully saturated rings. The molecular weight excluding hydrogens is 316 g/mol. The summed E-state index contributed by atoms with van der Waals surface area (Å²) in [7, 11) is 1.43. The van der Waals surface area contributed by atoms with Crippen LogP contribution in [0.3, 0.4) is 0 Å². The first-order valence-corrected chi connectivity index (χ1v) is 9.51. The van der Waals surface area contributed by atoms with Gasteiger partial charge in [0.15, 0.2) is 0 Å². The fraction of sp³-hybridized carbons (Fsp3) is 0.308. The zero-order chi connectivity index (χ0) is 13.7. The van der Waals surface area contributed by atoms with Crippen LogP contribution in [0.1, 0.15) is 6.42 Å². The van der Waals surface area contributed by atoms with Crippen molar-refractivity contribution in [3.8, 4) is 9.75 Å². The highest BCUT2D eigenvalue weighted by atomic mass is 32.2. The molecule has 0 amide bonds. The standard InChI is InChI=1S/C13H14O2S4/c1-15-11(14)7-8-17-13-6-4-10(19-13)9-3-5-12(16-2)18-9/h3-6H,7-8H2,1-2H3. The average molecular weight is 331 g/mol. The lowest BCUT2D eigenvalue weighted by Gasteiger charge is -1.97. The molecule has 6 heteroatoms. The van der Waals surface area contributed by atoms with E-state index < -0.39 is 0 Å². The van der Waals surface area contributed by atoms with Crippen LogP contribution in [-0.4, -0.2) is 25.1 Å². The summed E-state index contributed by atoms with van der Waals surface area (Å²) in [6.45, 7) is 0. The second-order valence-corrected chi connectivity index (χ2v) is 8.29. The lowest BCUT2D eigenvalue weighted by Crippen LogP contribution is -2.00. The number of ether oxygens (including phenoxy) is 1. The minimum atomic E-state index is -0.146. The van der Waals surface area contributed by atoms with Gasteiger partial charge in [-0.15, -0.1) is 46.2 Å². The highest BCUT2D eigenvalue weighted by Crippen LogP contribution is 2.39. The van der Waals surface area contributed by atoms with Crippen molar-refractivity contribution in [3.63, 3.8) is 0 Å². The molecule has 2 rings (SSSR count). The number of hydrogen-bond donors (Lipinski definition) is 0. The number of thiophene rings is 2. The molecule has 0 aliphatic heterocycles. The van der Waals surface area contributed by atoms with Crippen LogP contribution < -0.4 is 0 Å². The number of thioether (sulfide) groups is 2. The normalized spacial score (nSPS) is 10.6. The van der Waals surface area contributed by atoms with Gasteiger partial charge < -0.3 is 4.74 Å². The first kappa shape index (κ1) is 15.0. The zero-order valence-electron chi connectivity index (χ0n) is 10.7. The largest absolute Gasteiger partial charge is 0.469 e. The van der Waals surface area contributed by atoms with Crippen molar-refractivity contribution in [2.75, 3.05) is 19.1 Å². The van der Waals surface area contributed by atoms with Crippen LogP contribution in [0.4, 0.5) is 0 Å². The summed E-state index contributed by atoms with van der Waals surface area (Å²) in [6.07, 6.45) is 2.56. The molecule has 0 bridgehead atoms.